The van der Waals surface area contributed by atoms with Gasteiger partial charge < -0.3 is 14.7 Å². The van der Waals surface area contributed by atoms with Crippen molar-refractivity contribution in [3.8, 4) is 5.88 Å². The quantitative estimate of drug-likeness (QED) is 0.595. The minimum atomic E-state index is -0.183. The van der Waals surface area contributed by atoms with Crippen LogP contribution >= 0.6 is 20.6 Å². The van der Waals surface area contributed by atoms with Gasteiger partial charge in [-0.3, -0.25) is 9.79 Å². The predicted molar refractivity (Wildman–Crippen MR) is 130 cm³/mol. The molecule has 7 nitrogen and oxygen atoms in total. The first-order valence-electron chi connectivity index (χ1n) is 10.6. The standard InChI is InChI=1S/C23H23N4O3PS/c28-22-20-19(25-21(26-22)17-4-1-2-9-24-17)16(13-32-20)23(29)27-10-3-11-30-18(12-27)14-5-7-15(31)8-6-14/h4-9,13,18H,1-3,10-12,31H2,(H,25,26,28)/t18-/m0/s1. The summed E-state index contributed by atoms with van der Waals surface area (Å²) < 4.78 is 6.55. The number of allylic oxidation sites excluding steroid dienone is 1. The molecule has 2 aliphatic heterocycles. The zero-order valence-corrected chi connectivity index (χ0v) is 19.4. The molecule has 0 aliphatic carbocycles. The van der Waals surface area contributed by atoms with Crippen LogP contribution in [0.4, 0.5) is 0 Å². The SMILES string of the molecule is O=C(c1csc2c(O)nc(C3=CCCC=N3)nc12)N1CCCO[C@H](c2ccc(P)cc2)C1. The highest BCUT2D eigenvalue weighted by molar-refractivity contribution is 7.27. The third kappa shape index (κ3) is 4.18. The van der Waals surface area contributed by atoms with E-state index in [0.29, 0.717) is 47.0 Å². The fourth-order valence-corrected chi connectivity index (χ4v) is 4.98. The molecule has 0 saturated carbocycles. The number of thiophene rings is 1. The fourth-order valence-electron chi connectivity index (χ4n) is 3.92. The average Bonchev–Trinajstić information content (AvgIpc) is 3.09. The first-order valence-corrected chi connectivity index (χ1v) is 12.0. The summed E-state index contributed by atoms with van der Waals surface area (Å²) in [4.78, 5) is 28.5. The Bertz CT molecular complexity index is 1220. The number of benzene rings is 1. The minimum Gasteiger partial charge on any atom is -0.492 e. The zero-order chi connectivity index (χ0) is 22.1. The van der Waals surface area contributed by atoms with Crippen molar-refractivity contribution in [2.45, 2.75) is 25.4 Å². The number of ether oxygens (including phenoxy) is 1. The number of aromatic nitrogens is 2. The number of rotatable bonds is 3. The van der Waals surface area contributed by atoms with Gasteiger partial charge in [0.25, 0.3) is 5.91 Å². The summed E-state index contributed by atoms with van der Waals surface area (Å²) in [6, 6.07) is 8.13. The Labute approximate surface area is 192 Å². The van der Waals surface area contributed by atoms with Crippen molar-refractivity contribution >= 4 is 53.9 Å². The van der Waals surface area contributed by atoms with Gasteiger partial charge >= 0.3 is 0 Å². The van der Waals surface area contributed by atoms with E-state index in [4.69, 9.17) is 4.74 Å². The van der Waals surface area contributed by atoms with Gasteiger partial charge in [-0.1, -0.05) is 30.3 Å². The summed E-state index contributed by atoms with van der Waals surface area (Å²) in [6.45, 7) is 1.67. The molecule has 32 heavy (non-hydrogen) atoms. The van der Waals surface area contributed by atoms with Crippen LogP contribution < -0.4 is 5.30 Å². The van der Waals surface area contributed by atoms with Crippen molar-refractivity contribution in [1.29, 1.82) is 0 Å². The number of carbonyl (C=O) groups excluding carboxylic acids is 1. The molecular weight excluding hydrogens is 443 g/mol. The number of nitrogens with zero attached hydrogens (tertiary/aromatic N) is 4. The molecule has 1 aromatic carbocycles. The number of aromatic hydroxyl groups is 1. The van der Waals surface area contributed by atoms with E-state index < -0.39 is 0 Å². The molecule has 1 unspecified atom stereocenters. The summed E-state index contributed by atoms with van der Waals surface area (Å²) >= 11 is 1.28. The molecule has 0 spiro atoms. The molecule has 9 heteroatoms. The fraction of sp³-hybridized carbons (Fsp3) is 0.304. The number of fused-ring (bicyclic) bond motifs is 1. The van der Waals surface area contributed by atoms with Gasteiger partial charge in [0.1, 0.15) is 22.0 Å². The van der Waals surface area contributed by atoms with Crippen molar-refractivity contribution < 1.29 is 14.6 Å². The van der Waals surface area contributed by atoms with Crippen LogP contribution in [0.2, 0.25) is 0 Å². The van der Waals surface area contributed by atoms with E-state index in [-0.39, 0.29) is 17.9 Å². The molecule has 1 saturated heterocycles. The van der Waals surface area contributed by atoms with Crippen molar-refractivity contribution in [3.63, 3.8) is 0 Å². The van der Waals surface area contributed by atoms with Gasteiger partial charge in [-0.25, -0.2) is 4.98 Å². The molecular formula is C23H23N4O3PS. The van der Waals surface area contributed by atoms with E-state index in [1.165, 1.54) is 11.3 Å². The second kappa shape index (κ2) is 9.06. The molecule has 1 N–H and O–H groups in total. The van der Waals surface area contributed by atoms with Gasteiger partial charge in [0.15, 0.2) is 5.82 Å². The van der Waals surface area contributed by atoms with Crippen molar-refractivity contribution in [2.24, 2.45) is 4.99 Å². The number of hydrogen-bond acceptors (Lipinski definition) is 7. The van der Waals surface area contributed by atoms with Crippen LogP contribution in [0.25, 0.3) is 15.9 Å². The Hall–Kier alpha value is -2.67. The minimum absolute atomic E-state index is 0.111. The topological polar surface area (TPSA) is 87.9 Å². The number of aliphatic imine (C=N–C) groups is 1. The molecule has 3 aromatic rings. The van der Waals surface area contributed by atoms with Crippen LogP contribution in [0.1, 0.15) is 47.1 Å². The van der Waals surface area contributed by atoms with Gasteiger partial charge in [0, 0.05) is 24.7 Å². The Morgan fingerprint density at radius 1 is 1.22 bits per heavy atom. The van der Waals surface area contributed by atoms with E-state index in [0.717, 1.165) is 30.1 Å². The van der Waals surface area contributed by atoms with Gasteiger partial charge in [-0.2, -0.15) is 4.98 Å². The average molecular weight is 467 g/mol. The van der Waals surface area contributed by atoms with Gasteiger partial charge in [-0.05, 0) is 30.1 Å². The lowest BCUT2D eigenvalue weighted by molar-refractivity contribution is 0.0473. The van der Waals surface area contributed by atoms with Gasteiger partial charge in [0.05, 0.1) is 12.1 Å². The molecule has 2 aliphatic rings. The number of amides is 1. The summed E-state index contributed by atoms with van der Waals surface area (Å²) in [5.41, 5.74) is 2.62. The summed E-state index contributed by atoms with van der Waals surface area (Å²) in [6.07, 6.45) is 6.07. The largest absolute Gasteiger partial charge is 0.492 e. The maximum absolute atomic E-state index is 13.5. The second-order valence-electron chi connectivity index (χ2n) is 7.81. The highest BCUT2D eigenvalue weighted by Gasteiger charge is 2.28. The molecule has 4 heterocycles. The van der Waals surface area contributed by atoms with Crippen LogP contribution in [0, 0.1) is 0 Å². The predicted octanol–water partition coefficient (Wildman–Crippen LogP) is 3.71. The number of hydrogen-bond donors (Lipinski definition) is 1. The highest BCUT2D eigenvalue weighted by atomic mass is 32.1. The summed E-state index contributed by atoms with van der Waals surface area (Å²) in [7, 11) is 2.68. The monoisotopic (exact) mass is 466 g/mol. The molecule has 2 atom stereocenters. The Balaban J connectivity index is 1.47. The molecule has 164 valence electrons. The smallest absolute Gasteiger partial charge is 0.257 e. The molecule has 2 aromatic heterocycles. The Morgan fingerprint density at radius 3 is 2.84 bits per heavy atom. The van der Waals surface area contributed by atoms with E-state index in [1.54, 1.807) is 5.38 Å². The highest BCUT2D eigenvalue weighted by Crippen LogP contribution is 2.34. The molecule has 5 rings (SSSR count). The van der Waals surface area contributed by atoms with Crippen LogP contribution in [0.3, 0.4) is 0 Å². The Kier molecular flexibility index (Phi) is 6.00. The normalized spacial score (nSPS) is 19.1. The van der Waals surface area contributed by atoms with E-state index in [9.17, 15) is 9.90 Å². The zero-order valence-electron chi connectivity index (χ0n) is 17.4. The molecule has 1 amide bonds. The molecule has 1 fully saturated rings. The molecule has 0 bridgehead atoms. The van der Waals surface area contributed by atoms with Crippen molar-refractivity contribution in [1.82, 2.24) is 14.9 Å². The lowest BCUT2D eigenvalue weighted by Gasteiger charge is -2.24. The first-order chi connectivity index (χ1) is 15.6. The summed E-state index contributed by atoms with van der Waals surface area (Å²) in [5.74, 6) is 0.109. The first kappa shape index (κ1) is 21.2. The molecule has 0 radical (unpaired) electrons. The summed E-state index contributed by atoms with van der Waals surface area (Å²) in [5, 5.41) is 13.3. The second-order valence-corrected chi connectivity index (χ2v) is 9.35. The third-order valence-corrected chi connectivity index (χ3v) is 6.94. The van der Waals surface area contributed by atoms with Gasteiger partial charge in [0.2, 0.25) is 5.88 Å². The lowest BCUT2D eigenvalue weighted by Crippen LogP contribution is -2.34. The van der Waals surface area contributed by atoms with Gasteiger partial charge in [-0.15, -0.1) is 20.6 Å². The lowest BCUT2D eigenvalue weighted by atomic mass is 10.1. The van der Waals surface area contributed by atoms with Crippen LogP contribution in [-0.2, 0) is 4.74 Å². The van der Waals surface area contributed by atoms with E-state index in [2.05, 4.69) is 24.2 Å². The van der Waals surface area contributed by atoms with E-state index in [1.807, 2.05) is 41.5 Å². The van der Waals surface area contributed by atoms with Crippen LogP contribution in [-0.4, -0.2) is 51.8 Å². The van der Waals surface area contributed by atoms with Crippen LogP contribution in [0.15, 0.2) is 40.7 Å². The van der Waals surface area contributed by atoms with Crippen molar-refractivity contribution in [2.75, 3.05) is 19.7 Å². The maximum Gasteiger partial charge on any atom is 0.257 e. The van der Waals surface area contributed by atoms with Crippen LogP contribution in [0.5, 0.6) is 5.88 Å². The maximum atomic E-state index is 13.5. The Morgan fingerprint density at radius 2 is 2.06 bits per heavy atom. The van der Waals surface area contributed by atoms with Crippen molar-refractivity contribution in [3.05, 3.63) is 52.7 Å². The van der Waals surface area contributed by atoms with E-state index >= 15 is 0 Å². The number of carbonyl (C=O) groups is 1. The third-order valence-electron chi connectivity index (χ3n) is 5.59.